The molecule has 0 amide bonds. The number of hydrogen-bond donors (Lipinski definition) is 0. The van der Waals surface area contributed by atoms with E-state index in [-0.39, 0.29) is 0 Å². The van der Waals surface area contributed by atoms with Gasteiger partial charge in [-0.05, 0) is 57.9 Å². The standard InChI is InChI=1S/C27H19N2/c1-3-9-22-17-24(15-13-20(22)7-1)28-19-29(27-12-6-5-11-26(27)28)25-16-14-21-8-2-4-10-23(21)18-25/h1-19H/q+1. The third kappa shape index (κ3) is 2.61. The molecule has 136 valence electrons. The maximum absolute atomic E-state index is 2.27. The van der Waals surface area contributed by atoms with Gasteiger partial charge in [0, 0.05) is 0 Å². The first-order chi connectivity index (χ1) is 14.4. The molecule has 5 aromatic carbocycles. The van der Waals surface area contributed by atoms with Crippen LogP contribution < -0.4 is 4.57 Å². The molecule has 0 unspecified atom stereocenters. The van der Waals surface area contributed by atoms with Crippen molar-refractivity contribution in [2.75, 3.05) is 0 Å². The third-order valence-corrected chi connectivity index (χ3v) is 5.65. The fraction of sp³-hybridized carbons (Fsp3) is 0. The van der Waals surface area contributed by atoms with Crippen LogP contribution in [0.15, 0.2) is 116 Å². The lowest BCUT2D eigenvalue weighted by Gasteiger charge is -2.01. The zero-order chi connectivity index (χ0) is 19.2. The van der Waals surface area contributed by atoms with Crippen LogP contribution in [-0.2, 0) is 0 Å². The molecular weight excluding hydrogens is 352 g/mol. The fourth-order valence-corrected chi connectivity index (χ4v) is 4.18. The van der Waals surface area contributed by atoms with Gasteiger partial charge in [-0.1, -0.05) is 72.8 Å². The molecule has 0 radical (unpaired) electrons. The van der Waals surface area contributed by atoms with Gasteiger partial charge in [0.15, 0.2) is 11.0 Å². The molecule has 0 fully saturated rings. The van der Waals surface area contributed by atoms with E-state index >= 15 is 0 Å². The van der Waals surface area contributed by atoms with Crippen LogP contribution in [0.3, 0.4) is 0 Å². The van der Waals surface area contributed by atoms with Crippen molar-refractivity contribution in [3.05, 3.63) is 116 Å². The number of imidazole rings is 1. The van der Waals surface area contributed by atoms with Crippen molar-refractivity contribution in [3.8, 4) is 11.4 Å². The average molecular weight is 371 g/mol. The second-order valence-corrected chi connectivity index (χ2v) is 7.41. The van der Waals surface area contributed by atoms with E-state index in [1.807, 2.05) is 0 Å². The molecule has 0 aliphatic rings. The minimum atomic E-state index is 1.17. The van der Waals surface area contributed by atoms with Crippen molar-refractivity contribution in [3.63, 3.8) is 0 Å². The monoisotopic (exact) mass is 371 g/mol. The van der Waals surface area contributed by atoms with Gasteiger partial charge in [0.05, 0.1) is 0 Å². The first kappa shape index (κ1) is 16.1. The Morgan fingerprint density at radius 3 is 1.93 bits per heavy atom. The van der Waals surface area contributed by atoms with Crippen LogP contribution in [0.1, 0.15) is 0 Å². The fourth-order valence-electron chi connectivity index (χ4n) is 4.18. The molecule has 2 heteroatoms. The van der Waals surface area contributed by atoms with Crippen molar-refractivity contribution < 1.29 is 4.57 Å². The molecule has 0 aliphatic heterocycles. The molecule has 6 rings (SSSR count). The highest BCUT2D eigenvalue weighted by atomic mass is 15.1. The first-order valence-electron chi connectivity index (χ1n) is 9.87. The Labute approximate surface area is 168 Å². The average Bonchev–Trinajstić information content (AvgIpc) is 3.18. The van der Waals surface area contributed by atoms with Crippen molar-refractivity contribution in [1.82, 2.24) is 4.57 Å². The highest BCUT2D eigenvalue weighted by molar-refractivity contribution is 5.86. The summed E-state index contributed by atoms with van der Waals surface area (Å²) in [6.07, 6.45) is 2.19. The maximum Gasteiger partial charge on any atom is 0.255 e. The minimum absolute atomic E-state index is 1.17. The molecule has 1 heterocycles. The van der Waals surface area contributed by atoms with E-state index in [4.69, 9.17) is 0 Å². The molecule has 0 saturated carbocycles. The predicted molar refractivity (Wildman–Crippen MR) is 120 cm³/mol. The van der Waals surface area contributed by atoms with Crippen LogP contribution in [0.4, 0.5) is 0 Å². The molecule has 2 nitrogen and oxygen atoms in total. The Bertz CT molecular complexity index is 1390. The van der Waals surface area contributed by atoms with Gasteiger partial charge in [-0.15, -0.1) is 0 Å². The van der Waals surface area contributed by atoms with Crippen molar-refractivity contribution in [2.24, 2.45) is 0 Å². The van der Waals surface area contributed by atoms with Crippen LogP contribution in [0.5, 0.6) is 0 Å². The van der Waals surface area contributed by atoms with E-state index in [2.05, 4.69) is 125 Å². The number of rotatable bonds is 2. The first-order valence-corrected chi connectivity index (χ1v) is 9.87. The number of fused-ring (bicyclic) bond motifs is 3. The highest BCUT2D eigenvalue weighted by Crippen LogP contribution is 2.23. The summed E-state index contributed by atoms with van der Waals surface area (Å²) in [7, 11) is 0. The van der Waals surface area contributed by atoms with Crippen molar-refractivity contribution in [2.45, 2.75) is 0 Å². The second kappa shape index (κ2) is 6.32. The van der Waals surface area contributed by atoms with Gasteiger partial charge in [-0.2, -0.15) is 9.13 Å². The molecule has 0 N–H and O–H groups in total. The van der Waals surface area contributed by atoms with Gasteiger partial charge in [0.1, 0.15) is 11.4 Å². The van der Waals surface area contributed by atoms with Crippen LogP contribution in [0.2, 0.25) is 0 Å². The molecule has 29 heavy (non-hydrogen) atoms. The number of para-hydroxylation sites is 2. The highest BCUT2D eigenvalue weighted by Gasteiger charge is 2.18. The largest absolute Gasteiger partial charge is 0.255 e. The molecule has 6 aromatic rings. The van der Waals surface area contributed by atoms with E-state index in [1.165, 1.54) is 44.0 Å². The SMILES string of the molecule is c1ccc2cc(-n3c[n+](-c4ccc5ccccc5c4)c4ccccc43)ccc2c1. The van der Waals surface area contributed by atoms with Gasteiger partial charge < -0.3 is 0 Å². The summed E-state index contributed by atoms with van der Waals surface area (Å²) in [5, 5.41) is 5.02. The molecule has 0 spiro atoms. The summed E-state index contributed by atoms with van der Waals surface area (Å²) < 4.78 is 4.55. The topological polar surface area (TPSA) is 8.81 Å². The Morgan fingerprint density at radius 2 is 1.14 bits per heavy atom. The predicted octanol–water partition coefficient (Wildman–Crippen LogP) is 6.21. The van der Waals surface area contributed by atoms with Crippen LogP contribution in [0.25, 0.3) is 44.0 Å². The van der Waals surface area contributed by atoms with Gasteiger partial charge >= 0.3 is 0 Å². The summed E-state index contributed by atoms with van der Waals surface area (Å²) in [6, 6.07) is 38.9. The van der Waals surface area contributed by atoms with Crippen molar-refractivity contribution in [1.29, 1.82) is 0 Å². The molecule has 0 saturated heterocycles. The molecule has 0 bridgehead atoms. The molecular formula is C27H19N2+. The Morgan fingerprint density at radius 1 is 0.517 bits per heavy atom. The summed E-state index contributed by atoms with van der Waals surface area (Å²) in [5.74, 6) is 0. The Kier molecular flexibility index (Phi) is 3.50. The van der Waals surface area contributed by atoms with Gasteiger partial charge in [0.2, 0.25) is 0 Å². The zero-order valence-electron chi connectivity index (χ0n) is 15.9. The van der Waals surface area contributed by atoms with Crippen LogP contribution >= 0.6 is 0 Å². The number of aromatic nitrogens is 2. The Hall–Kier alpha value is -3.91. The second-order valence-electron chi connectivity index (χ2n) is 7.41. The quantitative estimate of drug-likeness (QED) is 0.320. The smallest absolute Gasteiger partial charge is 0.195 e. The zero-order valence-corrected chi connectivity index (χ0v) is 15.9. The molecule has 0 atom stereocenters. The van der Waals surface area contributed by atoms with Crippen LogP contribution in [0, 0.1) is 0 Å². The molecule has 1 aromatic heterocycles. The molecule has 0 aliphatic carbocycles. The van der Waals surface area contributed by atoms with Gasteiger partial charge in [-0.25, -0.2) is 0 Å². The van der Waals surface area contributed by atoms with Gasteiger partial charge in [-0.3, -0.25) is 0 Å². The van der Waals surface area contributed by atoms with Crippen LogP contribution in [-0.4, -0.2) is 4.57 Å². The lowest BCUT2D eigenvalue weighted by Crippen LogP contribution is -2.28. The van der Waals surface area contributed by atoms with E-state index in [0.717, 1.165) is 0 Å². The Balaban J connectivity index is 1.60. The number of hydrogen-bond acceptors (Lipinski definition) is 0. The van der Waals surface area contributed by atoms with Crippen molar-refractivity contribution >= 4 is 32.6 Å². The normalized spacial score (nSPS) is 11.4. The third-order valence-electron chi connectivity index (χ3n) is 5.65. The lowest BCUT2D eigenvalue weighted by molar-refractivity contribution is -0.567. The lowest BCUT2D eigenvalue weighted by atomic mass is 10.1. The maximum atomic E-state index is 2.27. The number of nitrogens with zero attached hydrogens (tertiary/aromatic N) is 2. The summed E-state index contributed by atoms with van der Waals surface area (Å²) in [6.45, 7) is 0. The number of benzene rings is 5. The van der Waals surface area contributed by atoms with E-state index < -0.39 is 0 Å². The van der Waals surface area contributed by atoms with E-state index in [0.29, 0.717) is 0 Å². The van der Waals surface area contributed by atoms with E-state index in [1.54, 1.807) is 0 Å². The van der Waals surface area contributed by atoms with Gasteiger partial charge in [0.25, 0.3) is 6.33 Å². The van der Waals surface area contributed by atoms with E-state index in [9.17, 15) is 0 Å². The summed E-state index contributed by atoms with van der Waals surface area (Å²) in [5.41, 5.74) is 4.71. The summed E-state index contributed by atoms with van der Waals surface area (Å²) >= 11 is 0. The summed E-state index contributed by atoms with van der Waals surface area (Å²) in [4.78, 5) is 0. The minimum Gasteiger partial charge on any atom is -0.195 e.